The third-order valence-corrected chi connectivity index (χ3v) is 2.79. The normalized spacial score (nSPS) is 17.9. The number of hydrogen-bond donors (Lipinski definition) is 0. The summed E-state index contributed by atoms with van der Waals surface area (Å²) >= 11 is 0. The zero-order valence-electron chi connectivity index (χ0n) is 9.70. The average molecular weight is 208 g/mol. The summed E-state index contributed by atoms with van der Waals surface area (Å²) in [6.45, 7) is 11.2. The summed E-state index contributed by atoms with van der Waals surface area (Å²) in [4.78, 5) is 15.7. The van der Waals surface area contributed by atoms with Crippen molar-refractivity contribution in [1.29, 1.82) is 0 Å². The predicted octanol–water partition coefficient (Wildman–Crippen LogP) is 1.63. The number of hydrogen-bond acceptors (Lipinski definition) is 2. The van der Waals surface area contributed by atoms with E-state index in [1.54, 1.807) is 6.08 Å². The van der Waals surface area contributed by atoms with E-state index >= 15 is 0 Å². The van der Waals surface area contributed by atoms with E-state index in [0.717, 1.165) is 26.2 Å². The number of amides is 1. The van der Waals surface area contributed by atoms with Crippen LogP contribution < -0.4 is 0 Å². The summed E-state index contributed by atoms with van der Waals surface area (Å²) in [6.07, 6.45) is 4.43. The fourth-order valence-corrected chi connectivity index (χ4v) is 1.81. The Morgan fingerprint density at radius 1 is 1.27 bits per heavy atom. The third kappa shape index (κ3) is 3.11. The standard InChI is InChI=1S/C12H20N2O/c1-4-6-11(3)13-7-9-14(10-8-13)12(15)5-2/h4,6H,1,5,7-10H2,2-3H3/b11-6+. The summed E-state index contributed by atoms with van der Waals surface area (Å²) < 4.78 is 0. The van der Waals surface area contributed by atoms with E-state index in [-0.39, 0.29) is 5.91 Å². The quantitative estimate of drug-likeness (QED) is 0.658. The molecule has 3 nitrogen and oxygen atoms in total. The molecule has 0 aromatic carbocycles. The molecule has 1 fully saturated rings. The Labute approximate surface area is 92.0 Å². The molecule has 0 radical (unpaired) electrons. The lowest BCUT2D eigenvalue weighted by molar-refractivity contribution is -0.132. The van der Waals surface area contributed by atoms with Gasteiger partial charge in [-0.2, -0.15) is 0 Å². The fraction of sp³-hybridized carbons (Fsp3) is 0.583. The molecule has 15 heavy (non-hydrogen) atoms. The van der Waals surface area contributed by atoms with Gasteiger partial charge in [0.25, 0.3) is 0 Å². The van der Waals surface area contributed by atoms with Gasteiger partial charge in [-0.25, -0.2) is 0 Å². The van der Waals surface area contributed by atoms with Gasteiger partial charge in [0.15, 0.2) is 0 Å². The van der Waals surface area contributed by atoms with Crippen molar-refractivity contribution in [3.05, 3.63) is 24.4 Å². The molecule has 0 atom stereocenters. The molecule has 3 heteroatoms. The SMILES string of the molecule is C=C/C=C(\C)N1CCN(C(=O)CC)CC1. The molecule has 1 amide bonds. The van der Waals surface area contributed by atoms with Gasteiger partial charge in [0.1, 0.15) is 0 Å². The van der Waals surface area contributed by atoms with Crippen LogP contribution in [0.4, 0.5) is 0 Å². The first-order chi connectivity index (χ1) is 7.19. The highest BCUT2D eigenvalue weighted by Crippen LogP contribution is 2.09. The fourth-order valence-electron chi connectivity index (χ4n) is 1.81. The van der Waals surface area contributed by atoms with E-state index < -0.39 is 0 Å². The first-order valence-corrected chi connectivity index (χ1v) is 5.51. The molecule has 1 aliphatic heterocycles. The molecule has 0 unspecified atom stereocenters. The van der Waals surface area contributed by atoms with Crippen molar-refractivity contribution < 1.29 is 4.79 Å². The van der Waals surface area contributed by atoms with E-state index in [1.165, 1.54) is 5.70 Å². The molecule has 84 valence electrons. The van der Waals surface area contributed by atoms with Crippen LogP contribution in [0.3, 0.4) is 0 Å². The number of carbonyl (C=O) groups excluding carboxylic acids is 1. The zero-order chi connectivity index (χ0) is 11.3. The third-order valence-electron chi connectivity index (χ3n) is 2.79. The van der Waals surface area contributed by atoms with Gasteiger partial charge in [-0.15, -0.1) is 0 Å². The first-order valence-electron chi connectivity index (χ1n) is 5.51. The molecule has 1 heterocycles. The van der Waals surface area contributed by atoms with Crippen LogP contribution >= 0.6 is 0 Å². The van der Waals surface area contributed by atoms with E-state index in [4.69, 9.17) is 0 Å². The summed E-state index contributed by atoms with van der Waals surface area (Å²) in [7, 11) is 0. The van der Waals surface area contributed by atoms with Crippen molar-refractivity contribution in [3.8, 4) is 0 Å². The Hall–Kier alpha value is -1.25. The molecule has 0 aliphatic carbocycles. The first kappa shape index (κ1) is 11.8. The minimum atomic E-state index is 0.264. The molecular weight excluding hydrogens is 188 g/mol. The maximum absolute atomic E-state index is 11.4. The highest BCUT2D eigenvalue weighted by molar-refractivity contribution is 5.75. The maximum Gasteiger partial charge on any atom is 0.222 e. The maximum atomic E-state index is 11.4. The molecule has 0 saturated carbocycles. The lowest BCUT2D eigenvalue weighted by Crippen LogP contribution is -2.47. The lowest BCUT2D eigenvalue weighted by atomic mass is 10.2. The van der Waals surface area contributed by atoms with E-state index in [9.17, 15) is 4.79 Å². The van der Waals surface area contributed by atoms with Crippen LogP contribution in [0.25, 0.3) is 0 Å². The Balaban J connectivity index is 2.45. The van der Waals surface area contributed by atoms with E-state index in [0.29, 0.717) is 6.42 Å². The van der Waals surface area contributed by atoms with Crippen molar-refractivity contribution in [2.75, 3.05) is 26.2 Å². The summed E-state index contributed by atoms with van der Waals surface area (Å²) in [6, 6.07) is 0. The van der Waals surface area contributed by atoms with Crippen molar-refractivity contribution in [2.24, 2.45) is 0 Å². The van der Waals surface area contributed by atoms with Crippen molar-refractivity contribution in [3.63, 3.8) is 0 Å². The van der Waals surface area contributed by atoms with Gasteiger partial charge in [0.05, 0.1) is 0 Å². The second kappa shape index (κ2) is 5.59. The Bertz CT molecular complexity index is 263. The van der Waals surface area contributed by atoms with E-state index in [2.05, 4.69) is 18.4 Å². The average Bonchev–Trinajstić information content (AvgIpc) is 2.28. The van der Waals surface area contributed by atoms with Crippen LogP contribution in [0.5, 0.6) is 0 Å². The van der Waals surface area contributed by atoms with Crippen LogP contribution in [0.15, 0.2) is 24.4 Å². The van der Waals surface area contributed by atoms with Gasteiger partial charge < -0.3 is 9.80 Å². The minimum Gasteiger partial charge on any atom is -0.371 e. The number of rotatable bonds is 3. The topological polar surface area (TPSA) is 23.6 Å². The van der Waals surface area contributed by atoms with Crippen molar-refractivity contribution in [1.82, 2.24) is 9.80 Å². The van der Waals surface area contributed by atoms with Gasteiger partial charge in [0.2, 0.25) is 5.91 Å². The summed E-state index contributed by atoms with van der Waals surface area (Å²) in [5, 5.41) is 0. The zero-order valence-corrected chi connectivity index (χ0v) is 9.70. The van der Waals surface area contributed by atoms with Gasteiger partial charge in [-0.3, -0.25) is 4.79 Å². The summed E-state index contributed by atoms with van der Waals surface area (Å²) in [5.74, 6) is 0.264. The van der Waals surface area contributed by atoms with Crippen LogP contribution in [-0.4, -0.2) is 41.9 Å². The number of allylic oxidation sites excluding steroid dienone is 3. The van der Waals surface area contributed by atoms with Crippen LogP contribution in [0, 0.1) is 0 Å². The van der Waals surface area contributed by atoms with Crippen LogP contribution in [-0.2, 0) is 4.79 Å². The number of carbonyl (C=O) groups is 1. The van der Waals surface area contributed by atoms with Crippen LogP contribution in [0.1, 0.15) is 20.3 Å². The highest BCUT2D eigenvalue weighted by Gasteiger charge is 2.19. The van der Waals surface area contributed by atoms with Gasteiger partial charge in [-0.1, -0.05) is 19.6 Å². The minimum absolute atomic E-state index is 0.264. The Kier molecular flexibility index (Phi) is 4.40. The molecule has 0 bridgehead atoms. The molecule has 1 saturated heterocycles. The highest BCUT2D eigenvalue weighted by atomic mass is 16.2. The lowest BCUT2D eigenvalue weighted by Gasteiger charge is -2.36. The Morgan fingerprint density at radius 2 is 1.80 bits per heavy atom. The summed E-state index contributed by atoms with van der Waals surface area (Å²) in [5.41, 5.74) is 1.23. The van der Waals surface area contributed by atoms with Crippen molar-refractivity contribution in [2.45, 2.75) is 20.3 Å². The van der Waals surface area contributed by atoms with Crippen LogP contribution in [0.2, 0.25) is 0 Å². The smallest absolute Gasteiger partial charge is 0.222 e. The van der Waals surface area contributed by atoms with Gasteiger partial charge >= 0.3 is 0 Å². The monoisotopic (exact) mass is 208 g/mol. The second-order valence-corrected chi connectivity index (χ2v) is 3.77. The molecule has 0 N–H and O–H groups in total. The number of nitrogens with zero attached hydrogens (tertiary/aromatic N) is 2. The Morgan fingerprint density at radius 3 is 2.27 bits per heavy atom. The van der Waals surface area contributed by atoms with E-state index in [1.807, 2.05) is 17.9 Å². The van der Waals surface area contributed by atoms with Crippen molar-refractivity contribution >= 4 is 5.91 Å². The molecule has 0 aromatic heterocycles. The molecular formula is C12H20N2O. The van der Waals surface area contributed by atoms with Gasteiger partial charge in [0, 0.05) is 38.3 Å². The predicted molar refractivity (Wildman–Crippen MR) is 62.4 cm³/mol. The molecule has 0 aromatic rings. The molecule has 1 aliphatic rings. The second-order valence-electron chi connectivity index (χ2n) is 3.77. The molecule has 1 rings (SSSR count). The molecule has 0 spiro atoms. The van der Waals surface area contributed by atoms with Gasteiger partial charge in [-0.05, 0) is 13.0 Å². The number of piperazine rings is 1. The largest absolute Gasteiger partial charge is 0.371 e.